The number of nitrogens with one attached hydrogen (secondary N) is 1. The van der Waals surface area contributed by atoms with Gasteiger partial charge in [-0.3, -0.25) is 4.79 Å². The molecular weight excluding hydrogens is 430 g/mol. The second-order valence-electron chi connectivity index (χ2n) is 8.09. The normalized spacial score (nSPS) is 11.0. The average Bonchev–Trinajstić information content (AvgIpc) is 3.52. The van der Waals surface area contributed by atoms with Gasteiger partial charge < -0.3 is 23.8 Å². The maximum Gasteiger partial charge on any atom is 0.286 e. The summed E-state index contributed by atoms with van der Waals surface area (Å²) in [4.78, 5) is 16.8. The largest absolute Gasteiger partial charge is 0.497 e. The number of furan rings is 1. The number of para-hydroxylation sites is 2. The number of ether oxygens (including phenoxy) is 2. The highest BCUT2D eigenvalue weighted by Gasteiger charge is 2.11. The Kier molecular flexibility index (Phi) is 8.22. The number of imidazole rings is 1. The van der Waals surface area contributed by atoms with Gasteiger partial charge >= 0.3 is 0 Å². The van der Waals surface area contributed by atoms with Gasteiger partial charge in [0.15, 0.2) is 5.76 Å². The summed E-state index contributed by atoms with van der Waals surface area (Å²) in [5.74, 6) is 2.89. The molecule has 2 aromatic heterocycles. The number of fused-ring (bicyclic) bond motifs is 1. The Bertz CT molecular complexity index is 1180. The summed E-state index contributed by atoms with van der Waals surface area (Å²) in [6.45, 7) is 2.10. The number of carbonyl (C=O) groups is 1. The van der Waals surface area contributed by atoms with E-state index in [4.69, 9.17) is 18.9 Å². The van der Waals surface area contributed by atoms with Crippen molar-refractivity contribution in [1.82, 2.24) is 14.9 Å². The molecule has 0 aliphatic rings. The van der Waals surface area contributed by atoms with Crippen LogP contribution in [-0.4, -0.2) is 35.7 Å². The molecule has 178 valence electrons. The molecule has 2 aromatic carbocycles. The van der Waals surface area contributed by atoms with E-state index in [9.17, 15) is 4.79 Å². The summed E-state index contributed by atoms with van der Waals surface area (Å²) < 4.78 is 18.6. The first-order valence-electron chi connectivity index (χ1n) is 11.8. The van der Waals surface area contributed by atoms with E-state index in [-0.39, 0.29) is 5.91 Å². The fourth-order valence-electron chi connectivity index (χ4n) is 3.95. The van der Waals surface area contributed by atoms with Gasteiger partial charge in [0.05, 0.1) is 31.0 Å². The summed E-state index contributed by atoms with van der Waals surface area (Å²) in [7, 11) is 1.65. The summed E-state index contributed by atoms with van der Waals surface area (Å²) in [5, 5.41) is 2.90. The number of hydrogen-bond donors (Lipinski definition) is 1. The van der Waals surface area contributed by atoms with Crippen molar-refractivity contribution >= 4 is 16.9 Å². The lowest BCUT2D eigenvalue weighted by molar-refractivity contribution is 0.0925. The van der Waals surface area contributed by atoms with E-state index in [1.165, 1.54) is 6.26 Å². The van der Waals surface area contributed by atoms with E-state index in [0.717, 1.165) is 67.0 Å². The van der Waals surface area contributed by atoms with Gasteiger partial charge in [-0.2, -0.15) is 0 Å². The van der Waals surface area contributed by atoms with E-state index < -0.39 is 0 Å². The standard InChI is InChI=1S/C27H31N3O4/c1-32-21-10-7-11-22(20-21)33-19-9-17-30-24-13-5-4-12-23(24)29-26(30)15-3-2-6-16-28-27(31)25-14-8-18-34-25/h4-5,7-8,10-14,18,20H,2-3,6,9,15-17,19H2,1H3,(H,28,31). The van der Waals surface area contributed by atoms with Crippen LogP contribution in [0.5, 0.6) is 11.5 Å². The molecule has 4 aromatic rings. The molecule has 0 atom stereocenters. The lowest BCUT2D eigenvalue weighted by Gasteiger charge is -2.11. The number of benzene rings is 2. The van der Waals surface area contributed by atoms with Crippen molar-refractivity contribution in [2.75, 3.05) is 20.3 Å². The predicted molar refractivity (Wildman–Crippen MR) is 131 cm³/mol. The average molecular weight is 462 g/mol. The Hall–Kier alpha value is -3.74. The minimum absolute atomic E-state index is 0.164. The second-order valence-corrected chi connectivity index (χ2v) is 8.09. The Morgan fingerprint density at radius 2 is 1.88 bits per heavy atom. The molecule has 34 heavy (non-hydrogen) atoms. The molecular formula is C27H31N3O4. The first-order valence-corrected chi connectivity index (χ1v) is 11.8. The van der Waals surface area contributed by atoms with Crippen LogP contribution in [0, 0.1) is 0 Å². The highest BCUT2D eigenvalue weighted by atomic mass is 16.5. The van der Waals surface area contributed by atoms with Crippen molar-refractivity contribution < 1.29 is 18.7 Å². The first-order chi connectivity index (χ1) is 16.7. The fraction of sp³-hybridized carbons (Fsp3) is 0.333. The van der Waals surface area contributed by atoms with Crippen LogP contribution in [-0.2, 0) is 13.0 Å². The number of nitrogens with zero attached hydrogens (tertiary/aromatic N) is 2. The topological polar surface area (TPSA) is 78.5 Å². The quantitative estimate of drug-likeness (QED) is 0.275. The molecule has 7 nitrogen and oxygen atoms in total. The Morgan fingerprint density at radius 3 is 2.74 bits per heavy atom. The molecule has 0 saturated carbocycles. The third-order valence-corrected chi connectivity index (χ3v) is 5.68. The number of carbonyl (C=O) groups excluding carboxylic acids is 1. The molecule has 4 rings (SSSR count). The van der Waals surface area contributed by atoms with E-state index in [2.05, 4.69) is 28.1 Å². The number of amides is 1. The van der Waals surface area contributed by atoms with Crippen molar-refractivity contribution in [2.24, 2.45) is 0 Å². The summed E-state index contributed by atoms with van der Waals surface area (Å²) in [6, 6.07) is 19.3. The number of hydrogen-bond acceptors (Lipinski definition) is 5. The summed E-state index contributed by atoms with van der Waals surface area (Å²) in [6.07, 6.45) is 6.23. The maximum atomic E-state index is 11.9. The van der Waals surface area contributed by atoms with E-state index in [0.29, 0.717) is 18.9 Å². The molecule has 7 heteroatoms. The van der Waals surface area contributed by atoms with Crippen LogP contribution in [0.15, 0.2) is 71.3 Å². The van der Waals surface area contributed by atoms with Crippen LogP contribution in [0.3, 0.4) is 0 Å². The molecule has 2 heterocycles. The fourth-order valence-corrected chi connectivity index (χ4v) is 3.95. The number of unbranched alkanes of at least 4 members (excludes halogenated alkanes) is 2. The van der Waals surface area contributed by atoms with Crippen LogP contribution in [0.4, 0.5) is 0 Å². The van der Waals surface area contributed by atoms with Crippen LogP contribution < -0.4 is 14.8 Å². The zero-order chi connectivity index (χ0) is 23.6. The SMILES string of the molecule is COc1cccc(OCCCn2c(CCCCCNC(=O)c3ccco3)nc3ccccc32)c1. The maximum absolute atomic E-state index is 11.9. The highest BCUT2D eigenvalue weighted by Crippen LogP contribution is 2.20. The molecule has 0 radical (unpaired) electrons. The van der Waals surface area contributed by atoms with Crippen LogP contribution in [0.1, 0.15) is 42.1 Å². The molecule has 0 aliphatic heterocycles. The summed E-state index contributed by atoms with van der Waals surface area (Å²) >= 11 is 0. The third-order valence-electron chi connectivity index (χ3n) is 5.68. The van der Waals surface area contributed by atoms with E-state index in [1.807, 2.05) is 30.3 Å². The van der Waals surface area contributed by atoms with Crippen molar-refractivity contribution in [1.29, 1.82) is 0 Å². The van der Waals surface area contributed by atoms with Gasteiger partial charge in [0.1, 0.15) is 17.3 Å². The number of aryl methyl sites for hydroxylation is 2. The van der Waals surface area contributed by atoms with Gasteiger partial charge in [0.2, 0.25) is 0 Å². The molecule has 0 fully saturated rings. The number of rotatable bonds is 13. The first kappa shape index (κ1) is 23.4. The van der Waals surface area contributed by atoms with Crippen molar-refractivity contribution in [3.63, 3.8) is 0 Å². The van der Waals surface area contributed by atoms with Gasteiger partial charge in [0.25, 0.3) is 5.91 Å². The monoisotopic (exact) mass is 461 g/mol. The Balaban J connectivity index is 1.25. The van der Waals surface area contributed by atoms with E-state index >= 15 is 0 Å². The lowest BCUT2D eigenvalue weighted by atomic mass is 10.2. The van der Waals surface area contributed by atoms with Gasteiger partial charge in [-0.05, 0) is 55.7 Å². The third kappa shape index (κ3) is 6.19. The van der Waals surface area contributed by atoms with E-state index in [1.54, 1.807) is 19.2 Å². The highest BCUT2D eigenvalue weighted by molar-refractivity contribution is 5.91. The number of methoxy groups -OCH3 is 1. The molecule has 0 bridgehead atoms. The molecule has 0 spiro atoms. The zero-order valence-electron chi connectivity index (χ0n) is 19.5. The van der Waals surface area contributed by atoms with Gasteiger partial charge in [-0.1, -0.05) is 24.6 Å². The van der Waals surface area contributed by atoms with Crippen LogP contribution in [0.25, 0.3) is 11.0 Å². The van der Waals surface area contributed by atoms with Crippen LogP contribution >= 0.6 is 0 Å². The van der Waals surface area contributed by atoms with Crippen molar-refractivity contribution in [3.05, 3.63) is 78.5 Å². The number of aromatic nitrogens is 2. The smallest absolute Gasteiger partial charge is 0.286 e. The summed E-state index contributed by atoms with van der Waals surface area (Å²) in [5.41, 5.74) is 2.18. The Morgan fingerprint density at radius 1 is 1.00 bits per heavy atom. The second kappa shape index (κ2) is 11.9. The zero-order valence-corrected chi connectivity index (χ0v) is 19.5. The molecule has 1 amide bonds. The van der Waals surface area contributed by atoms with Gasteiger partial charge in [0, 0.05) is 25.6 Å². The Labute approximate surface area is 199 Å². The van der Waals surface area contributed by atoms with Crippen molar-refractivity contribution in [3.8, 4) is 11.5 Å². The van der Waals surface area contributed by atoms with Gasteiger partial charge in [-0.15, -0.1) is 0 Å². The lowest BCUT2D eigenvalue weighted by Crippen LogP contribution is -2.23. The molecule has 0 saturated heterocycles. The molecule has 1 N–H and O–H groups in total. The minimum Gasteiger partial charge on any atom is -0.497 e. The predicted octanol–water partition coefficient (Wildman–Crippen LogP) is 5.25. The molecule has 0 unspecified atom stereocenters. The van der Waals surface area contributed by atoms with Crippen molar-refractivity contribution in [2.45, 2.75) is 38.6 Å². The van der Waals surface area contributed by atoms with Gasteiger partial charge in [-0.25, -0.2) is 4.98 Å². The van der Waals surface area contributed by atoms with Crippen LogP contribution in [0.2, 0.25) is 0 Å². The minimum atomic E-state index is -0.164. The molecule has 0 aliphatic carbocycles.